The molecule has 4 aromatic carbocycles. The van der Waals surface area contributed by atoms with Crippen molar-refractivity contribution in [2.45, 2.75) is 0 Å². The molecule has 100 valence electrons. The summed E-state index contributed by atoms with van der Waals surface area (Å²) >= 11 is 0.321. The Hall–Kier alpha value is -2.07. The zero-order valence-electron chi connectivity index (χ0n) is 11.5. The molecule has 0 aliphatic carbocycles. The van der Waals surface area contributed by atoms with E-state index in [9.17, 15) is 0 Å². The number of hydrogen-bond donors (Lipinski definition) is 0. The van der Waals surface area contributed by atoms with Gasteiger partial charge in [-0.25, -0.2) is 0 Å². The molecule has 0 bridgehead atoms. The molecular formula is C20H14Cr. The van der Waals surface area contributed by atoms with Crippen LogP contribution >= 0.6 is 0 Å². The van der Waals surface area contributed by atoms with Crippen LogP contribution in [0.15, 0.2) is 84.9 Å². The predicted octanol–water partition coefficient (Wildman–Crippen LogP) is 4.03. The van der Waals surface area contributed by atoms with Crippen LogP contribution in [-0.4, -0.2) is 0 Å². The van der Waals surface area contributed by atoms with Gasteiger partial charge in [-0.2, -0.15) is 0 Å². The Kier molecular flexibility index (Phi) is 3.24. The summed E-state index contributed by atoms with van der Waals surface area (Å²) in [7, 11) is 0. The molecule has 4 rings (SSSR count). The van der Waals surface area contributed by atoms with Crippen LogP contribution in [0.1, 0.15) is 0 Å². The quantitative estimate of drug-likeness (QED) is 0.524. The molecule has 21 heavy (non-hydrogen) atoms. The average molecular weight is 306 g/mol. The molecule has 0 spiro atoms. The van der Waals surface area contributed by atoms with E-state index in [-0.39, 0.29) is 0 Å². The monoisotopic (exact) mass is 306 g/mol. The SMILES string of the molecule is c1ccc2[c]([Cr][c]3cccc4ccccc34)cccc2c1. The summed E-state index contributed by atoms with van der Waals surface area (Å²) in [5.41, 5.74) is 0. The molecule has 0 N–H and O–H groups in total. The molecule has 0 unspecified atom stereocenters. The molecule has 0 amide bonds. The molecule has 1 heteroatoms. The second-order valence-corrected chi connectivity index (χ2v) is 6.75. The second kappa shape index (κ2) is 5.37. The van der Waals surface area contributed by atoms with Gasteiger partial charge < -0.3 is 0 Å². The first-order valence-corrected chi connectivity index (χ1v) is 8.33. The maximum absolute atomic E-state index is 2.27. The summed E-state index contributed by atoms with van der Waals surface area (Å²) in [4.78, 5) is 0. The Morgan fingerprint density at radius 2 is 0.857 bits per heavy atom. The third-order valence-corrected chi connectivity index (χ3v) is 5.52. The predicted molar refractivity (Wildman–Crippen MR) is 87.2 cm³/mol. The first-order valence-electron chi connectivity index (χ1n) is 7.05. The summed E-state index contributed by atoms with van der Waals surface area (Å²) in [5.74, 6) is 0. The number of benzene rings is 4. The Balaban J connectivity index is 1.87. The standard InChI is InChI=1S/2C10H7.Cr/c2*1-2-6-10-8-4-3-7-9(10)5-1;/h2*1-7H;. The number of rotatable bonds is 2. The van der Waals surface area contributed by atoms with E-state index in [0.29, 0.717) is 15.2 Å². The zero-order chi connectivity index (χ0) is 14.1. The van der Waals surface area contributed by atoms with Gasteiger partial charge in [0.1, 0.15) is 0 Å². The Bertz CT molecular complexity index is 837. The van der Waals surface area contributed by atoms with Crippen LogP contribution < -0.4 is 8.85 Å². The molecule has 0 saturated carbocycles. The molecular weight excluding hydrogens is 292 g/mol. The fourth-order valence-corrected chi connectivity index (χ4v) is 4.44. The third kappa shape index (κ3) is 2.36. The zero-order valence-corrected chi connectivity index (χ0v) is 12.8. The third-order valence-electron chi connectivity index (χ3n) is 3.72. The molecule has 0 fully saturated rings. The van der Waals surface area contributed by atoms with Gasteiger partial charge in [-0.05, 0) is 0 Å². The molecule has 0 atom stereocenters. The van der Waals surface area contributed by atoms with E-state index in [0.717, 1.165) is 0 Å². The fraction of sp³-hybridized carbons (Fsp3) is 0. The van der Waals surface area contributed by atoms with Gasteiger partial charge in [0.2, 0.25) is 0 Å². The molecule has 0 aliphatic rings. The van der Waals surface area contributed by atoms with E-state index in [1.54, 1.807) is 0 Å². The van der Waals surface area contributed by atoms with Crippen LogP contribution in [-0.2, 0) is 15.2 Å². The Labute approximate surface area is 130 Å². The molecule has 0 saturated heterocycles. The van der Waals surface area contributed by atoms with Crippen LogP contribution in [0.3, 0.4) is 0 Å². The normalized spacial score (nSPS) is 11.0. The van der Waals surface area contributed by atoms with Gasteiger partial charge in [0.15, 0.2) is 0 Å². The second-order valence-electron chi connectivity index (χ2n) is 5.06. The van der Waals surface area contributed by atoms with Gasteiger partial charge in [-0.15, -0.1) is 0 Å². The van der Waals surface area contributed by atoms with Crippen molar-refractivity contribution in [2.75, 3.05) is 0 Å². The van der Waals surface area contributed by atoms with Gasteiger partial charge in [0.25, 0.3) is 0 Å². The topological polar surface area (TPSA) is 0 Å². The average Bonchev–Trinajstić information content (AvgIpc) is 2.56. The maximum atomic E-state index is 2.27. The van der Waals surface area contributed by atoms with Crippen molar-refractivity contribution in [3.05, 3.63) is 84.9 Å². The van der Waals surface area contributed by atoms with Gasteiger partial charge in [-0.1, -0.05) is 0 Å². The van der Waals surface area contributed by atoms with Crippen LogP contribution in [0.2, 0.25) is 0 Å². The first-order chi connectivity index (χ1) is 10.4. The summed E-state index contributed by atoms with van der Waals surface area (Å²) in [6.45, 7) is 0. The first kappa shape index (κ1) is 12.7. The minimum absolute atomic E-state index is 0.321. The van der Waals surface area contributed by atoms with E-state index in [4.69, 9.17) is 0 Å². The van der Waals surface area contributed by atoms with Gasteiger partial charge in [-0.3, -0.25) is 0 Å². The van der Waals surface area contributed by atoms with Crippen molar-refractivity contribution in [3.63, 3.8) is 0 Å². The van der Waals surface area contributed by atoms with Crippen LogP contribution in [0, 0.1) is 0 Å². The Morgan fingerprint density at radius 1 is 0.429 bits per heavy atom. The molecule has 4 aromatic rings. The summed E-state index contributed by atoms with van der Waals surface area (Å²) in [6.07, 6.45) is 0. The molecule has 0 radical (unpaired) electrons. The molecule has 0 aliphatic heterocycles. The van der Waals surface area contributed by atoms with E-state index >= 15 is 0 Å². The molecule has 0 aromatic heterocycles. The van der Waals surface area contributed by atoms with Crippen molar-refractivity contribution in [1.82, 2.24) is 0 Å². The number of fused-ring (bicyclic) bond motifs is 2. The summed E-state index contributed by atoms with van der Waals surface area (Å²) < 4.78 is 2.91. The van der Waals surface area contributed by atoms with Crippen molar-refractivity contribution >= 4 is 30.4 Å². The van der Waals surface area contributed by atoms with Crippen molar-refractivity contribution in [2.24, 2.45) is 0 Å². The van der Waals surface area contributed by atoms with Crippen LogP contribution in [0.5, 0.6) is 0 Å². The van der Waals surface area contributed by atoms with Crippen LogP contribution in [0.25, 0.3) is 21.5 Å². The van der Waals surface area contributed by atoms with E-state index in [2.05, 4.69) is 84.9 Å². The van der Waals surface area contributed by atoms with E-state index in [1.807, 2.05) is 0 Å². The van der Waals surface area contributed by atoms with E-state index in [1.165, 1.54) is 30.4 Å². The van der Waals surface area contributed by atoms with Gasteiger partial charge in [0, 0.05) is 0 Å². The molecule has 0 nitrogen and oxygen atoms in total. The Morgan fingerprint density at radius 3 is 1.38 bits per heavy atom. The fourth-order valence-electron chi connectivity index (χ4n) is 2.69. The minimum atomic E-state index is 0.321. The number of hydrogen-bond acceptors (Lipinski definition) is 0. The van der Waals surface area contributed by atoms with Gasteiger partial charge in [0.05, 0.1) is 0 Å². The van der Waals surface area contributed by atoms with E-state index < -0.39 is 0 Å². The van der Waals surface area contributed by atoms with Crippen molar-refractivity contribution < 1.29 is 15.2 Å². The summed E-state index contributed by atoms with van der Waals surface area (Å²) in [5, 5.41) is 5.43. The summed E-state index contributed by atoms with van der Waals surface area (Å²) in [6, 6.07) is 30.6. The van der Waals surface area contributed by atoms with Crippen molar-refractivity contribution in [1.29, 1.82) is 0 Å². The molecule has 0 heterocycles. The van der Waals surface area contributed by atoms with Gasteiger partial charge >= 0.3 is 131 Å². The van der Waals surface area contributed by atoms with Crippen molar-refractivity contribution in [3.8, 4) is 0 Å². The van der Waals surface area contributed by atoms with Crippen LogP contribution in [0.4, 0.5) is 0 Å².